The summed E-state index contributed by atoms with van der Waals surface area (Å²) in [6, 6.07) is 35.0. The third kappa shape index (κ3) is 2.74. The van der Waals surface area contributed by atoms with Crippen LogP contribution in [0.2, 0.25) is 0 Å². The number of hydrogen-bond acceptors (Lipinski definition) is 2. The van der Waals surface area contributed by atoms with E-state index in [9.17, 15) is 0 Å². The first-order valence-corrected chi connectivity index (χ1v) is 14.1. The molecule has 5 aromatic rings. The first kappa shape index (κ1) is 21.7. The average molecular weight is 498 g/mol. The Balaban J connectivity index is 1.33. The number of anilines is 4. The van der Waals surface area contributed by atoms with Gasteiger partial charge in [-0.15, -0.1) is 0 Å². The second kappa shape index (κ2) is 7.48. The maximum absolute atomic E-state index is 2.62. The van der Waals surface area contributed by atoms with Gasteiger partial charge >= 0.3 is 0 Å². The summed E-state index contributed by atoms with van der Waals surface area (Å²) in [4.78, 5) is 4.81. The van der Waals surface area contributed by atoms with Crippen LogP contribution in [0.4, 0.5) is 22.7 Å². The Kier molecular flexibility index (Phi) is 4.17. The van der Waals surface area contributed by atoms with Gasteiger partial charge in [-0.05, 0) is 93.7 Å². The lowest BCUT2D eigenvalue weighted by Gasteiger charge is -2.41. The van der Waals surface area contributed by atoms with Crippen molar-refractivity contribution >= 4 is 69.0 Å². The van der Waals surface area contributed by atoms with E-state index in [2.05, 4.69) is 122 Å². The molecule has 4 aliphatic heterocycles. The molecule has 4 heterocycles. The van der Waals surface area contributed by atoms with Gasteiger partial charge in [-0.25, -0.2) is 0 Å². The standard InChI is InChI=1S/C35H28B2N2/c1-21-15-25-19-24-18-23-17-22-9-8-14-32-34(22)36(26-10-4-6-12-30(26)38(32)2)28(23)20-29(24)37-27-11-5-7-13-31(27)39(3)33(16-21)35(25)37/h4-16,18,20H,17,19H2,1-3H3. The van der Waals surface area contributed by atoms with Crippen molar-refractivity contribution in [3.05, 3.63) is 119 Å². The molecule has 0 spiro atoms. The molecular weight excluding hydrogens is 470 g/mol. The molecule has 0 N–H and O–H groups in total. The lowest BCUT2D eigenvalue weighted by atomic mass is 9.28. The number of rotatable bonds is 0. The van der Waals surface area contributed by atoms with E-state index in [0.29, 0.717) is 0 Å². The average Bonchev–Trinajstić information content (AvgIpc) is 2.96. The Hall–Kier alpha value is -4.17. The maximum atomic E-state index is 2.62. The van der Waals surface area contributed by atoms with Crippen LogP contribution in [0.1, 0.15) is 27.8 Å². The van der Waals surface area contributed by atoms with Crippen molar-refractivity contribution in [3.8, 4) is 0 Å². The van der Waals surface area contributed by atoms with Gasteiger partial charge in [0.15, 0.2) is 0 Å². The zero-order chi connectivity index (χ0) is 26.0. The van der Waals surface area contributed by atoms with Crippen LogP contribution in [0.25, 0.3) is 0 Å². The van der Waals surface area contributed by atoms with Crippen LogP contribution in [0.15, 0.2) is 91.0 Å². The Morgan fingerprint density at radius 2 is 1.05 bits per heavy atom. The van der Waals surface area contributed by atoms with E-state index >= 15 is 0 Å². The highest BCUT2D eigenvalue weighted by atomic mass is 15.1. The van der Waals surface area contributed by atoms with Crippen molar-refractivity contribution in [3.63, 3.8) is 0 Å². The SMILES string of the molecule is Cc1cc2c3c(c1)N(C)c1ccccc1B3c1cc3c(cc1C2)Cc1cccc2c1B3c1ccccc1N2C. The Bertz CT molecular complexity index is 1890. The molecule has 0 aliphatic carbocycles. The normalized spacial score (nSPS) is 15.2. The van der Waals surface area contributed by atoms with E-state index in [1.54, 1.807) is 0 Å². The number of hydrogen-bond donors (Lipinski definition) is 0. The molecule has 0 saturated carbocycles. The quantitative estimate of drug-likeness (QED) is 0.297. The monoisotopic (exact) mass is 498 g/mol. The van der Waals surface area contributed by atoms with E-state index in [4.69, 9.17) is 0 Å². The first-order chi connectivity index (χ1) is 19.1. The second-order valence-corrected chi connectivity index (χ2v) is 11.9. The molecule has 0 unspecified atom stereocenters. The molecule has 5 aromatic carbocycles. The number of benzene rings is 5. The zero-order valence-corrected chi connectivity index (χ0v) is 22.6. The largest absolute Gasteiger partial charge is 0.345 e. The molecule has 0 fully saturated rings. The maximum Gasteiger partial charge on any atom is 0.247 e. The smallest absolute Gasteiger partial charge is 0.247 e. The van der Waals surface area contributed by atoms with E-state index < -0.39 is 0 Å². The summed E-state index contributed by atoms with van der Waals surface area (Å²) in [5.41, 5.74) is 21.6. The van der Waals surface area contributed by atoms with Crippen molar-refractivity contribution in [2.24, 2.45) is 0 Å². The van der Waals surface area contributed by atoms with Gasteiger partial charge in [-0.2, -0.15) is 0 Å². The highest BCUT2D eigenvalue weighted by molar-refractivity contribution is 7.01. The Morgan fingerprint density at radius 3 is 1.74 bits per heavy atom. The molecule has 0 atom stereocenters. The molecule has 4 aliphatic rings. The molecule has 184 valence electrons. The topological polar surface area (TPSA) is 6.48 Å². The molecular formula is C35H28B2N2. The lowest BCUT2D eigenvalue weighted by molar-refractivity contribution is 1.13. The van der Waals surface area contributed by atoms with E-state index in [1.165, 1.54) is 83.3 Å². The number of fused-ring (bicyclic) bond motifs is 8. The van der Waals surface area contributed by atoms with Crippen LogP contribution in [-0.2, 0) is 12.8 Å². The fraction of sp³-hybridized carbons (Fsp3) is 0.143. The number of nitrogens with zero attached hydrogens (tertiary/aromatic N) is 2. The summed E-state index contributed by atoms with van der Waals surface area (Å²) >= 11 is 0. The van der Waals surface area contributed by atoms with Crippen LogP contribution in [-0.4, -0.2) is 27.5 Å². The van der Waals surface area contributed by atoms with Gasteiger partial charge in [0, 0.05) is 36.8 Å². The van der Waals surface area contributed by atoms with Gasteiger partial charge in [0.25, 0.3) is 0 Å². The highest BCUT2D eigenvalue weighted by Gasteiger charge is 2.43. The first-order valence-electron chi connectivity index (χ1n) is 14.1. The summed E-state index contributed by atoms with van der Waals surface area (Å²) in [5.74, 6) is 0. The molecule has 0 saturated heterocycles. The summed E-state index contributed by atoms with van der Waals surface area (Å²) in [5, 5.41) is 0. The molecule has 0 bridgehead atoms. The van der Waals surface area contributed by atoms with Crippen molar-refractivity contribution in [1.29, 1.82) is 0 Å². The van der Waals surface area contributed by atoms with Gasteiger partial charge in [0.05, 0.1) is 0 Å². The molecule has 0 radical (unpaired) electrons. The molecule has 0 aromatic heterocycles. The van der Waals surface area contributed by atoms with E-state index in [-0.39, 0.29) is 13.4 Å². The fourth-order valence-corrected chi connectivity index (χ4v) is 8.26. The van der Waals surface area contributed by atoms with E-state index in [1.807, 2.05) is 0 Å². The number of aryl methyl sites for hydroxylation is 1. The van der Waals surface area contributed by atoms with Crippen LogP contribution in [0.3, 0.4) is 0 Å². The predicted molar refractivity (Wildman–Crippen MR) is 168 cm³/mol. The predicted octanol–water partition coefficient (Wildman–Crippen LogP) is 3.00. The minimum Gasteiger partial charge on any atom is -0.345 e. The summed E-state index contributed by atoms with van der Waals surface area (Å²) < 4.78 is 0. The van der Waals surface area contributed by atoms with Gasteiger partial charge in [-0.1, -0.05) is 77.7 Å². The summed E-state index contributed by atoms with van der Waals surface area (Å²) in [6.45, 7) is 2.79. The Labute approximate surface area is 231 Å². The third-order valence-corrected chi connectivity index (χ3v) is 9.86. The highest BCUT2D eigenvalue weighted by Crippen LogP contribution is 2.34. The number of para-hydroxylation sites is 2. The minimum absolute atomic E-state index is 0.273. The van der Waals surface area contributed by atoms with Crippen molar-refractivity contribution in [1.82, 2.24) is 0 Å². The van der Waals surface area contributed by atoms with Crippen molar-refractivity contribution in [2.75, 3.05) is 23.9 Å². The Morgan fingerprint density at radius 1 is 0.487 bits per heavy atom. The molecule has 9 rings (SSSR count). The molecule has 4 heteroatoms. The molecule has 2 nitrogen and oxygen atoms in total. The fourth-order valence-electron chi connectivity index (χ4n) is 8.26. The molecule has 0 amide bonds. The third-order valence-electron chi connectivity index (χ3n) is 9.86. The van der Waals surface area contributed by atoms with Gasteiger partial charge in [0.1, 0.15) is 0 Å². The molecule has 39 heavy (non-hydrogen) atoms. The van der Waals surface area contributed by atoms with Gasteiger partial charge < -0.3 is 9.80 Å². The van der Waals surface area contributed by atoms with E-state index in [0.717, 1.165) is 12.8 Å². The van der Waals surface area contributed by atoms with Gasteiger partial charge in [-0.3, -0.25) is 0 Å². The summed E-state index contributed by atoms with van der Waals surface area (Å²) in [7, 11) is 4.46. The van der Waals surface area contributed by atoms with Gasteiger partial charge in [0.2, 0.25) is 13.4 Å². The van der Waals surface area contributed by atoms with Crippen LogP contribution in [0, 0.1) is 6.92 Å². The summed E-state index contributed by atoms with van der Waals surface area (Å²) in [6.07, 6.45) is 2.02. The lowest BCUT2D eigenvalue weighted by Crippen LogP contribution is -2.65. The minimum atomic E-state index is 0.273. The van der Waals surface area contributed by atoms with Crippen LogP contribution in [0.5, 0.6) is 0 Å². The van der Waals surface area contributed by atoms with Crippen LogP contribution < -0.4 is 42.6 Å². The van der Waals surface area contributed by atoms with Crippen molar-refractivity contribution in [2.45, 2.75) is 19.8 Å². The second-order valence-electron chi connectivity index (χ2n) is 11.9. The zero-order valence-electron chi connectivity index (χ0n) is 22.6. The van der Waals surface area contributed by atoms with Crippen molar-refractivity contribution < 1.29 is 0 Å². The van der Waals surface area contributed by atoms with Crippen LogP contribution >= 0.6 is 0 Å².